The number of furan rings is 1. The Balaban J connectivity index is 1.67. The average Bonchev–Trinajstić information content (AvgIpc) is 3.42. The molecule has 1 fully saturated rings. The number of aryl methyl sites for hydroxylation is 1. The molecule has 4 aromatic heterocycles. The Morgan fingerprint density at radius 2 is 2.00 bits per heavy atom. The van der Waals surface area contributed by atoms with E-state index in [1.54, 1.807) is 34.6 Å². The Morgan fingerprint density at radius 1 is 1.19 bits per heavy atom. The van der Waals surface area contributed by atoms with E-state index in [4.69, 9.17) is 10.2 Å². The van der Waals surface area contributed by atoms with Crippen molar-refractivity contribution in [2.45, 2.75) is 19.4 Å². The van der Waals surface area contributed by atoms with Crippen LogP contribution in [0, 0.1) is 0 Å². The Hall–Kier alpha value is -3.14. The first kappa shape index (κ1) is 16.1. The molecule has 0 saturated carbocycles. The van der Waals surface area contributed by atoms with Gasteiger partial charge in [0.05, 0.1) is 6.26 Å². The molecule has 1 aliphatic rings. The van der Waals surface area contributed by atoms with Crippen LogP contribution in [-0.2, 0) is 13.6 Å². The second-order valence-electron chi connectivity index (χ2n) is 6.83. The van der Waals surface area contributed by atoms with Gasteiger partial charge in [0, 0.05) is 20.1 Å². The molecule has 1 aliphatic heterocycles. The van der Waals surface area contributed by atoms with Gasteiger partial charge in [0.25, 0.3) is 0 Å². The molecule has 0 spiro atoms. The van der Waals surface area contributed by atoms with Crippen LogP contribution in [0.25, 0.3) is 28.4 Å². The molecule has 10 heteroatoms. The zero-order chi connectivity index (χ0) is 18.5. The average molecular weight is 368 g/mol. The van der Waals surface area contributed by atoms with Crippen LogP contribution in [-0.4, -0.2) is 53.3 Å². The molecular weight excluding hydrogens is 348 g/mol. The highest BCUT2D eigenvalue weighted by atomic mass is 16.3. The minimum absolute atomic E-state index is 0.133. The fourth-order valence-corrected chi connectivity index (χ4v) is 3.75. The zero-order valence-electron chi connectivity index (χ0n) is 15.0. The van der Waals surface area contributed by atoms with E-state index in [1.165, 1.54) is 17.4 Å². The molecular formula is C17H20N8O2. The highest BCUT2D eigenvalue weighted by Crippen LogP contribution is 2.23. The van der Waals surface area contributed by atoms with Crippen molar-refractivity contribution in [3.63, 3.8) is 0 Å². The maximum Gasteiger partial charge on any atom is 0.330 e. The largest absolute Gasteiger partial charge is 0.461 e. The van der Waals surface area contributed by atoms with Crippen LogP contribution in [0.15, 0.2) is 27.6 Å². The van der Waals surface area contributed by atoms with Crippen LogP contribution < -0.4 is 11.4 Å². The minimum Gasteiger partial charge on any atom is -0.461 e. The Kier molecular flexibility index (Phi) is 3.54. The van der Waals surface area contributed by atoms with Crippen molar-refractivity contribution in [2.75, 3.05) is 25.4 Å². The number of anilines is 1. The molecule has 5 heterocycles. The Labute approximate surface area is 153 Å². The van der Waals surface area contributed by atoms with Crippen LogP contribution >= 0.6 is 0 Å². The van der Waals surface area contributed by atoms with E-state index in [-0.39, 0.29) is 11.6 Å². The lowest BCUT2D eigenvalue weighted by Gasteiger charge is -2.14. The normalized spacial score (nSPS) is 15.4. The van der Waals surface area contributed by atoms with E-state index in [2.05, 4.69) is 20.0 Å². The van der Waals surface area contributed by atoms with E-state index < -0.39 is 0 Å². The van der Waals surface area contributed by atoms with Crippen molar-refractivity contribution in [1.82, 2.24) is 33.6 Å². The van der Waals surface area contributed by atoms with Crippen LogP contribution in [0.2, 0.25) is 0 Å². The van der Waals surface area contributed by atoms with E-state index in [0.29, 0.717) is 34.9 Å². The van der Waals surface area contributed by atoms with Crippen LogP contribution in [0.4, 0.5) is 5.95 Å². The molecule has 0 atom stereocenters. The number of nitrogens with two attached hydrogens (primary N) is 1. The van der Waals surface area contributed by atoms with E-state index in [0.717, 1.165) is 19.6 Å². The molecule has 5 rings (SSSR count). The highest BCUT2D eigenvalue weighted by Gasteiger charge is 2.22. The molecule has 1 saturated heterocycles. The van der Waals surface area contributed by atoms with Crippen molar-refractivity contribution in [3.8, 4) is 11.6 Å². The summed E-state index contributed by atoms with van der Waals surface area (Å²) in [6.45, 7) is 3.54. The van der Waals surface area contributed by atoms with E-state index in [9.17, 15) is 4.79 Å². The first-order valence-corrected chi connectivity index (χ1v) is 9.01. The van der Waals surface area contributed by atoms with Crippen molar-refractivity contribution in [1.29, 1.82) is 0 Å². The van der Waals surface area contributed by atoms with Gasteiger partial charge >= 0.3 is 5.69 Å². The second kappa shape index (κ2) is 5.95. The smallest absolute Gasteiger partial charge is 0.330 e. The predicted octanol–water partition coefficient (Wildman–Crippen LogP) is 0.716. The molecule has 2 N–H and O–H groups in total. The molecule has 0 bridgehead atoms. The molecule has 0 radical (unpaired) electrons. The van der Waals surface area contributed by atoms with Gasteiger partial charge in [0.1, 0.15) is 5.52 Å². The molecule has 10 nitrogen and oxygen atoms in total. The molecule has 4 aromatic rings. The molecule has 0 unspecified atom stereocenters. The van der Waals surface area contributed by atoms with Gasteiger partial charge in [0.2, 0.25) is 11.8 Å². The molecule has 27 heavy (non-hydrogen) atoms. The minimum atomic E-state index is -0.133. The Morgan fingerprint density at radius 3 is 2.74 bits per heavy atom. The lowest BCUT2D eigenvalue weighted by molar-refractivity contribution is 0.322. The fraction of sp³-hybridized carbons (Fsp3) is 0.412. The van der Waals surface area contributed by atoms with E-state index >= 15 is 0 Å². The lowest BCUT2D eigenvalue weighted by atomic mass is 10.4. The van der Waals surface area contributed by atoms with Gasteiger partial charge in [-0.3, -0.25) is 9.13 Å². The summed E-state index contributed by atoms with van der Waals surface area (Å²) < 4.78 is 10.1. The number of aromatic nitrogens is 6. The fourth-order valence-electron chi connectivity index (χ4n) is 3.75. The van der Waals surface area contributed by atoms with Crippen LogP contribution in [0.3, 0.4) is 0 Å². The number of hydrogen-bond acceptors (Lipinski definition) is 7. The third-order valence-corrected chi connectivity index (χ3v) is 5.16. The van der Waals surface area contributed by atoms with Gasteiger partial charge in [-0.25, -0.2) is 9.78 Å². The van der Waals surface area contributed by atoms with Gasteiger partial charge in [-0.1, -0.05) is 0 Å². The Bertz CT molecular complexity index is 1180. The number of nitrogen functional groups attached to an aromatic ring is 1. The zero-order valence-corrected chi connectivity index (χ0v) is 15.0. The van der Waals surface area contributed by atoms with Gasteiger partial charge in [-0.15, -0.1) is 5.10 Å². The monoisotopic (exact) mass is 368 g/mol. The van der Waals surface area contributed by atoms with Gasteiger partial charge < -0.3 is 15.1 Å². The lowest BCUT2D eigenvalue weighted by Crippen LogP contribution is -2.29. The first-order chi connectivity index (χ1) is 13.1. The quantitative estimate of drug-likeness (QED) is 0.564. The van der Waals surface area contributed by atoms with Gasteiger partial charge in [-0.2, -0.15) is 9.50 Å². The van der Waals surface area contributed by atoms with Crippen molar-refractivity contribution < 1.29 is 4.42 Å². The summed E-state index contributed by atoms with van der Waals surface area (Å²) in [6.07, 6.45) is 3.99. The SMILES string of the molecule is Cn1c(=O)n(CCN2CCCC2)c2nc(N)n3nc(-c4ccco4)nc3c21. The third kappa shape index (κ3) is 2.44. The highest BCUT2D eigenvalue weighted by molar-refractivity contribution is 5.88. The molecule has 0 amide bonds. The first-order valence-electron chi connectivity index (χ1n) is 9.01. The third-order valence-electron chi connectivity index (χ3n) is 5.16. The van der Waals surface area contributed by atoms with Crippen LogP contribution in [0.1, 0.15) is 12.8 Å². The number of imidazole rings is 1. The van der Waals surface area contributed by atoms with Crippen molar-refractivity contribution in [3.05, 3.63) is 28.9 Å². The number of rotatable bonds is 4. The van der Waals surface area contributed by atoms with Crippen molar-refractivity contribution in [2.24, 2.45) is 7.05 Å². The topological polar surface area (TPSA) is 112 Å². The maximum absolute atomic E-state index is 12.8. The summed E-state index contributed by atoms with van der Waals surface area (Å²) in [5, 5.41) is 4.39. The van der Waals surface area contributed by atoms with Crippen molar-refractivity contribution >= 4 is 22.8 Å². The maximum atomic E-state index is 12.8. The van der Waals surface area contributed by atoms with Gasteiger partial charge in [0.15, 0.2) is 17.1 Å². The summed E-state index contributed by atoms with van der Waals surface area (Å²) in [5.74, 6) is 1.12. The second-order valence-corrected chi connectivity index (χ2v) is 6.83. The van der Waals surface area contributed by atoms with Crippen LogP contribution in [0.5, 0.6) is 0 Å². The van der Waals surface area contributed by atoms with Gasteiger partial charge in [-0.05, 0) is 38.1 Å². The molecule has 0 aliphatic carbocycles. The summed E-state index contributed by atoms with van der Waals surface area (Å²) in [4.78, 5) is 24.2. The number of fused-ring (bicyclic) bond motifs is 3. The summed E-state index contributed by atoms with van der Waals surface area (Å²) in [7, 11) is 1.72. The summed E-state index contributed by atoms with van der Waals surface area (Å²) >= 11 is 0. The van der Waals surface area contributed by atoms with E-state index in [1.807, 2.05) is 0 Å². The number of hydrogen-bond donors (Lipinski definition) is 1. The molecule has 0 aromatic carbocycles. The molecule has 140 valence electrons. The summed E-state index contributed by atoms with van der Waals surface area (Å²) in [5.41, 5.74) is 7.62. The number of nitrogens with zero attached hydrogens (tertiary/aromatic N) is 7. The standard InChI is InChI=1S/C17H20N8O2/c1-22-12-14(24(17(22)26)9-8-23-6-2-3-7-23)20-16(18)25-15(12)19-13(21-25)11-5-4-10-27-11/h4-5,10H,2-3,6-9H2,1H3,(H2,18,20). The summed E-state index contributed by atoms with van der Waals surface area (Å²) in [6, 6.07) is 3.54. The predicted molar refractivity (Wildman–Crippen MR) is 99.3 cm³/mol. The number of likely N-dealkylation sites (tertiary alicyclic amines) is 1.